The van der Waals surface area contributed by atoms with Gasteiger partial charge in [-0.15, -0.1) is 11.3 Å². The van der Waals surface area contributed by atoms with Crippen LogP contribution in [0.5, 0.6) is 0 Å². The Morgan fingerprint density at radius 3 is 2.57 bits per heavy atom. The summed E-state index contributed by atoms with van der Waals surface area (Å²) >= 11 is 1.86. The summed E-state index contributed by atoms with van der Waals surface area (Å²) in [4.78, 5) is 0. The van der Waals surface area contributed by atoms with Crippen molar-refractivity contribution < 1.29 is 0 Å². The van der Waals surface area contributed by atoms with Crippen LogP contribution in [0.15, 0.2) is 60.7 Å². The lowest BCUT2D eigenvalue weighted by Gasteiger charge is -2.06. The number of hydrogen-bond acceptors (Lipinski definition) is 2. The number of fused-ring (bicyclic) bond motifs is 3. The summed E-state index contributed by atoms with van der Waals surface area (Å²) in [6.07, 6.45) is 0. The Morgan fingerprint density at radius 2 is 1.74 bits per heavy atom. The van der Waals surface area contributed by atoms with Crippen molar-refractivity contribution >= 4 is 37.2 Å². The Bertz CT molecular complexity index is 1060. The van der Waals surface area contributed by atoms with Crippen molar-refractivity contribution in [3.05, 3.63) is 71.8 Å². The van der Waals surface area contributed by atoms with Crippen LogP contribution in [0.4, 0.5) is 0 Å². The van der Waals surface area contributed by atoms with Gasteiger partial charge in [-0.3, -0.25) is 0 Å². The molecular weight excluding hydrogens is 298 g/mol. The fourth-order valence-electron chi connectivity index (χ4n) is 3.17. The van der Waals surface area contributed by atoms with Gasteiger partial charge in [-0.05, 0) is 48.2 Å². The van der Waals surface area contributed by atoms with Crippen LogP contribution < -0.4 is 0 Å². The SMILES string of the molecule is CC(=N)c1cccc(-c2cccc3c2sc2cccc(C)c23)c1. The zero-order valence-corrected chi connectivity index (χ0v) is 14.0. The maximum absolute atomic E-state index is 7.88. The van der Waals surface area contributed by atoms with Crippen LogP contribution in [0.3, 0.4) is 0 Å². The zero-order valence-electron chi connectivity index (χ0n) is 13.2. The van der Waals surface area contributed by atoms with Gasteiger partial charge in [-0.2, -0.15) is 0 Å². The molecule has 23 heavy (non-hydrogen) atoms. The molecule has 112 valence electrons. The van der Waals surface area contributed by atoms with E-state index in [0.29, 0.717) is 5.71 Å². The quantitative estimate of drug-likeness (QED) is 0.413. The summed E-state index contributed by atoms with van der Waals surface area (Å²) in [5.41, 5.74) is 5.35. The van der Waals surface area contributed by atoms with Gasteiger partial charge in [-0.1, -0.05) is 48.5 Å². The molecule has 0 aliphatic heterocycles. The Hall–Kier alpha value is -2.45. The number of rotatable bonds is 2. The van der Waals surface area contributed by atoms with Crippen LogP contribution in [-0.2, 0) is 0 Å². The topological polar surface area (TPSA) is 23.9 Å². The third kappa shape index (κ3) is 2.27. The molecule has 0 unspecified atom stereocenters. The van der Waals surface area contributed by atoms with E-state index in [1.165, 1.54) is 36.9 Å². The van der Waals surface area contributed by atoms with Crippen LogP contribution in [-0.4, -0.2) is 5.71 Å². The molecule has 1 aromatic heterocycles. The molecule has 4 rings (SSSR count). The zero-order chi connectivity index (χ0) is 16.0. The highest BCUT2D eigenvalue weighted by Crippen LogP contribution is 2.41. The highest BCUT2D eigenvalue weighted by molar-refractivity contribution is 7.26. The maximum atomic E-state index is 7.88. The monoisotopic (exact) mass is 315 g/mol. The summed E-state index contributed by atoms with van der Waals surface area (Å²) in [6, 6.07) is 21.4. The van der Waals surface area contributed by atoms with E-state index < -0.39 is 0 Å². The molecular formula is C21H17NS. The molecule has 1 heterocycles. The van der Waals surface area contributed by atoms with Gasteiger partial charge >= 0.3 is 0 Å². The van der Waals surface area contributed by atoms with Crippen LogP contribution in [0.2, 0.25) is 0 Å². The van der Waals surface area contributed by atoms with Gasteiger partial charge in [0.1, 0.15) is 0 Å². The predicted molar refractivity (Wildman–Crippen MR) is 102 cm³/mol. The third-order valence-corrected chi connectivity index (χ3v) is 5.54. The largest absolute Gasteiger partial charge is 0.305 e. The first-order valence-corrected chi connectivity index (χ1v) is 8.53. The summed E-state index contributed by atoms with van der Waals surface area (Å²) in [5.74, 6) is 0. The van der Waals surface area contributed by atoms with Gasteiger partial charge in [-0.25, -0.2) is 0 Å². The second-order valence-corrected chi connectivity index (χ2v) is 6.99. The van der Waals surface area contributed by atoms with Crippen LogP contribution in [0.1, 0.15) is 18.1 Å². The first-order chi connectivity index (χ1) is 11.1. The molecule has 0 aliphatic carbocycles. The number of hydrogen-bond donors (Lipinski definition) is 1. The Balaban J connectivity index is 2.05. The van der Waals surface area contributed by atoms with Crippen molar-refractivity contribution in [1.82, 2.24) is 0 Å². The van der Waals surface area contributed by atoms with E-state index in [4.69, 9.17) is 5.41 Å². The van der Waals surface area contributed by atoms with E-state index in [0.717, 1.165) is 5.56 Å². The molecule has 1 nitrogen and oxygen atoms in total. The fraction of sp³-hybridized carbons (Fsp3) is 0.0952. The number of thiophene rings is 1. The Labute approximate surface area is 139 Å². The van der Waals surface area contributed by atoms with Gasteiger partial charge in [0.2, 0.25) is 0 Å². The minimum atomic E-state index is 0.603. The first kappa shape index (κ1) is 14.2. The fourth-order valence-corrected chi connectivity index (χ4v) is 4.49. The highest BCUT2D eigenvalue weighted by atomic mass is 32.1. The number of aryl methyl sites for hydroxylation is 1. The highest BCUT2D eigenvalue weighted by Gasteiger charge is 2.11. The summed E-state index contributed by atoms with van der Waals surface area (Å²) in [7, 11) is 0. The number of nitrogens with one attached hydrogen (secondary N) is 1. The summed E-state index contributed by atoms with van der Waals surface area (Å²) in [5, 5.41) is 10.6. The van der Waals surface area contributed by atoms with Gasteiger partial charge in [0.05, 0.1) is 0 Å². The van der Waals surface area contributed by atoms with Crippen molar-refractivity contribution in [3.63, 3.8) is 0 Å². The molecule has 0 bridgehead atoms. The van der Waals surface area contributed by atoms with Gasteiger partial charge in [0.25, 0.3) is 0 Å². The van der Waals surface area contributed by atoms with E-state index in [-0.39, 0.29) is 0 Å². The third-order valence-electron chi connectivity index (χ3n) is 4.34. The lowest BCUT2D eigenvalue weighted by molar-refractivity contribution is 1.45. The van der Waals surface area contributed by atoms with Gasteiger partial charge in [0.15, 0.2) is 0 Å². The average Bonchev–Trinajstić information content (AvgIpc) is 2.94. The molecule has 0 atom stereocenters. The van der Waals surface area contributed by atoms with Crippen molar-refractivity contribution in [3.8, 4) is 11.1 Å². The smallest absolute Gasteiger partial charge is 0.0433 e. The summed E-state index contributed by atoms with van der Waals surface area (Å²) < 4.78 is 2.67. The van der Waals surface area contributed by atoms with Crippen LogP contribution in [0.25, 0.3) is 31.3 Å². The molecule has 0 saturated heterocycles. The molecule has 0 radical (unpaired) electrons. The molecule has 1 N–H and O–H groups in total. The average molecular weight is 315 g/mol. The standard InChI is InChI=1S/C21H17NS/c1-13-6-3-11-19-20(13)18-10-5-9-17(21(18)23-19)16-8-4-7-15(12-16)14(2)22/h3-12,22H,1-2H3. The normalized spacial score (nSPS) is 11.2. The first-order valence-electron chi connectivity index (χ1n) is 7.72. The summed E-state index contributed by atoms with van der Waals surface area (Å²) in [6.45, 7) is 4.02. The van der Waals surface area contributed by atoms with E-state index in [9.17, 15) is 0 Å². The number of benzene rings is 3. The molecule has 2 heteroatoms. The van der Waals surface area contributed by atoms with E-state index in [2.05, 4.69) is 55.5 Å². The van der Waals surface area contributed by atoms with E-state index in [1.54, 1.807) is 0 Å². The van der Waals surface area contributed by atoms with E-state index >= 15 is 0 Å². The molecule has 3 aromatic carbocycles. The molecule has 0 saturated carbocycles. The van der Waals surface area contributed by atoms with E-state index in [1.807, 2.05) is 30.4 Å². The van der Waals surface area contributed by atoms with Crippen molar-refractivity contribution in [2.24, 2.45) is 0 Å². The molecule has 4 aromatic rings. The van der Waals surface area contributed by atoms with Crippen molar-refractivity contribution in [2.75, 3.05) is 0 Å². The second kappa shape index (κ2) is 5.32. The maximum Gasteiger partial charge on any atom is 0.0433 e. The second-order valence-electron chi connectivity index (χ2n) is 5.94. The molecule has 0 fully saturated rings. The minimum Gasteiger partial charge on any atom is -0.305 e. The lowest BCUT2D eigenvalue weighted by atomic mass is 9.99. The molecule has 0 spiro atoms. The van der Waals surface area contributed by atoms with Gasteiger partial charge < -0.3 is 5.41 Å². The Morgan fingerprint density at radius 1 is 0.957 bits per heavy atom. The molecule has 0 aliphatic rings. The predicted octanol–water partition coefficient (Wildman–Crippen LogP) is 6.42. The van der Waals surface area contributed by atoms with Crippen LogP contribution >= 0.6 is 11.3 Å². The Kier molecular flexibility index (Phi) is 3.28. The lowest BCUT2D eigenvalue weighted by Crippen LogP contribution is -1.91. The van der Waals surface area contributed by atoms with Crippen molar-refractivity contribution in [1.29, 1.82) is 5.41 Å². The van der Waals surface area contributed by atoms with Crippen molar-refractivity contribution in [2.45, 2.75) is 13.8 Å². The minimum absolute atomic E-state index is 0.603. The van der Waals surface area contributed by atoms with Gasteiger partial charge in [0, 0.05) is 25.9 Å². The van der Waals surface area contributed by atoms with Crippen LogP contribution in [0, 0.1) is 12.3 Å². The molecule has 0 amide bonds.